The van der Waals surface area contributed by atoms with Gasteiger partial charge in [0.25, 0.3) is 5.56 Å². The Kier molecular flexibility index (Phi) is 3.99. The predicted molar refractivity (Wildman–Crippen MR) is 76.5 cm³/mol. The number of aromatic amines is 1. The average Bonchev–Trinajstić information content (AvgIpc) is 3.02. The quantitative estimate of drug-likeness (QED) is 0.427. The third kappa shape index (κ3) is 2.37. The molecule has 21 heavy (non-hydrogen) atoms. The molecule has 0 bridgehead atoms. The zero-order valence-electron chi connectivity index (χ0n) is 10.9. The summed E-state index contributed by atoms with van der Waals surface area (Å²) in [6, 6.07) is 0. The summed E-state index contributed by atoms with van der Waals surface area (Å²) >= 11 is 2.23. The van der Waals surface area contributed by atoms with Crippen molar-refractivity contribution in [3.8, 4) is 0 Å². The maximum absolute atomic E-state index is 11.9. The van der Waals surface area contributed by atoms with Crippen LogP contribution in [0.5, 0.6) is 0 Å². The van der Waals surface area contributed by atoms with Crippen LogP contribution in [0.25, 0.3) is 10.2 Å². The van der Waals surface area contributed by atoms with Crippen molar-refractivity contribution in [1.82, 2.24) is 14.3 Å². The maximum Gasteiger partial charge on any atom is 0.271 e. The zero-order valence-corrected chi connectivity index (χ0v) is 12.5. The van der Waals surface area contributed by atoms with Gasteiger partial charge in [0, 0.05) is 0 Å². The summed E-state index contributed by atoms with van der Waals surface area (Å²) in [4.78, 5) is 18.8. The van der Waals surface area contributed by atoms with Gasteiger partial charge in [-0.3, -0.25) is 4.79 Å². The molecule has 0 aliphatic carbocycles. The molecule has 0 amide bonds. The Morgan fingerprint density at radius 3 is 2.81 bits per heavy atom. The van der Waals surface area contributed by atoms with Gasteiger partial charge in [-0.1, -0.05) is 11.8 Å². The number of hydrogen-bond acceptors (Lipinski definition) is 9. The SMILES string of the molecule is CSc1nc2c([C@@H]3O[C@H](CO)[C@@H](O)[C@H]3O)nsc2c(=O)[nH]1. The van der Waals surface area contributed by atoms with Crippen LogP contribution in [-0.4, -0.2) is 60.8 Å². The molecule has 10 heteroatoms. The molecule has 0 radical (unpaired) electrons. The van der Waals surface area contributed by atoms with E-state index in [4.69, 9.17) is 9.84 Å². The van der Waals surface area contributed by atoms with E-state index >= 15 is 0 Å². The summed E-state index contributed by atoms with van der Waals surface area (Å²) in [7, 11) is 0. The Bertz CT molecular complexity index is 717. The number of ether oxygens (including phenoxy) is 1. The summed E-state index contributed by atoms with van der Waals surface area (Å²) in [5, 5.41) is 29.4. The van der Waals surface area contributed by atoms with Crippen LogP contribution in [0.2, 0.25) is 0 Å². The topological polar surface area (TPSA) is 129 Å². The van der Waals surface area contributed by atoms with Crippen molar-refractivity contribution >= 4 is 33.5 Å². The van der Waals surface area contributed by atoms with Crippen molar-refractivity contribution in [2.45, 2.75) is 29.6 Å². The number of rotatable bonds is 3. The fourth-order valence-electron chi connectivity index (χ4n) is 2.25. The third-order valence-corrected chi connectivity index (χ3v) is 4.77. The van der Waals surface area contributed by atoms with Crippen molar-refractivity contribution in [2.24, 2.45) is 0 Å². The molecule has 2 aromatic heterocycles. The standard InChI is InChI=1S/C11H13N3O5S2/c1-20-11-12-5-4(14-21-9(5)10(18)13-11)8-7(17)6(16)3(2-15)19-8/h3,6-8,15-17H,2H2,1H3,(H,12,13,18)/t3-,6-,7-,8+/m1/s1. The molecule has 8 nitrogen and oxygen atoms in total. The van der Waals surface area contributed by atoms with Crippen molar-refractivity contribution in [2.75, 3.05) is 12.9 Å². The second-order valence-corrected chi connectivity index (χ2v) is 6.15. The van der Waals surface area contributed by atoms with Gasteiger partial charge in [0.1, 0.15) is 40.3 Å². The van der Waals surface area contributed by atoms with Gasteiger partial charge < -0.3 is 25.0 Å². The van der Waals surface area contributed by atoms with Crippen LogP contribution in [0.15, 0.2) is 9.95 Å². The highest BCUT2D eigenvalue weighted by atomic mass is 32.2. The van der Waals surface area contributed by atoms with E-state index in [0.717, 1.165) is 11.5 Å². The smallest absolute Gasteiger partial charge is 0.271 e. The van der Waals surface area contributed by atoms with Crippen molar-refractivity contribution in [1.29, 1.82) is 0 Å². The molecule has 0 aromatic carbocycles. The Morgan fingerprint density at radius 2 is 2.19 bits per heavy atom. The van der Waals surface area contributed by atoms with Gasteiger partial charge in [-0.2, -0.15) is 4.37 Å². The lowest BCUT2D eigenvalue weighted by Gasteiger charge is -2.12. The summed E-state index contributed by atoms with van der Waals surface area (Å²) in [5.74, 6) is 0. The fourth-order valence-corrected chi connectivity index (χ4v) is 3.37. The minimum atomic E-state index is -1.23. The van der Waals surface area contributed by atoms with Gasteiger partial charge in [-0.25, -0.2) is 4.98 Å². The van der Waals surface area contributed by atoms with Crippen molar-refractivity contribution in [3.63, 3.8) is 0 Å². The fraction of sp³-hybridized carbons (Fsp3) is 0.545. The van der Waals surface area contributed by atoms with E-state index in [1.807, 2.05) is 0 Å². The van der Waals surface area contributed by atoms with Crippen molar-refractivity contribution < 1.29 is 20.1 Å². The van der Waals surface area contributed by atoms with Crippen LogP contribution in [0.3, 0.4) is 0 Å². The van der Waals surface area contributed by atoms with Gasteiger partial charge >= 0.3 is 0 Å². The van der Waals surface area contributed by atoms with Gasteiger partial charge in [0.15, 0.2) is 5.16 Å². The number of aliphatic hydroxyl groups is 3. The second-order valence-electron chi connectivity index (χ2n) is 4.58. The first-order valence-corrected chi connectivity index (χ1v) is 8.12. The lowest BCUT2D eigenvalue weighted by molar-refractivity contribution is -0.0233. The lowest BCUT2D eigenvalue weighted by atomic mass is 10.1. The highest BCUT2D eigenvalue weighted by molar-refractivity contribution is 7.98. The van der Waals surface area contributed by atoms with E-state index in [1.165, 1.54) is 11.8 Å². The number of aromatic nitrogens is 3. The van der Waals surface area contributed by atoms with E-state index in [9.17, 15) is 15.0 Å². The highest BCUT2D eigenvalue weighted by Gasteiger charge is 2.45. The molecule has 0 unspecified atom stereocenters. The molecule has 3 rings (SSSR count). The molecule has 1 fully saturated rings. The molecule has 1 aliphatic heterocycles. The molecule has 114 valence electrons. The summed E-state index contributed by atoms with van der Waals surface area (Å²) in [5.41, 5.74) is 0.349. The minimum absolute atomic E-state index is 0.305. The molecule has 1 aliphatic rings. The number of hydrogen-bond donors (Lipinski definition) is 4. The molecular weight excluding hydrogens is 318 g/mol. The Labute approximate surface area is 127 Å². The summed E-state index contributed by atoms with van der Waals surface area (Å²) in [6.07, 6.45) is -2.47. The van der Waals surface area contributed by atoms with Crippen LogP contribution in [0.4, 0.5) is 0 Å². The van der Waals surface area contributed by atoms with E-state index in [0.29, 0.717) is 21.1 Å². The van der Waals surface area contributed by atoms with Crippen LogP contribution in [0.1, 0.15) is 11.8 Å². The van der Waals surface area contributed by atoms with Crippen LogP contribution in [0, 0.1) is 0 Å². The average molecular weight is 331 g/mol. The van der Waals surface area contributed by atoms with Crippen LogP contribution in [-0.2, 0) is 4.74 Å². The Hall–Kier alpha value is -1.04. The van der Waals surface area contributed by atoms with E-state index in [-0.39, 0.29) is 5.56 Å². The summed E-state index contributed by atoms with van der Waals surface area (Å²) < 4.78 is 9.91. The van der Waals surface area contributed by atoms with Gasteiger partial charge in [-0.05, 0) is 17.8 Å². The van der Waals surface area contributed by atoms with Gasteiger partial charge in [-0.15, -0.1) is 0 Å². The molecule has 4 N–H and O–H groups in total. The Morgan fingerprint density at radius 1 is 1.43 bits per heavy atom. The first-order valence-electron chi connectivity index (χ1n) is 6.12. The van der Waals surface area contributed by atoms with Crippen LogP contribution >= 0.6 is 23.3 Å². The first kappa shape index (κ1) is 14.9. The number of nitrogens with zero attached hydrogens (tertiary/aromatic N) is 2. The number of thioether (sulfide) groups is 1. The third-order valence-electron chi connectivity index (χ3n) is 3.34. The van der Waals surface area contributed by atoms with E-state index < -0.39 is 31.0 Å². The molecule has 2 aromatic rings. The number of H-pyrrole nitrogens is 1. The molecular formula is C11H13N3O5S2. The molecule has 4 atom stereocenters. The van der Waals surface area contributed by atoms with Crippen LogP contribution < -0.4 is 5.56 Å². The number of aliphatic hydroxyl groups excluding tert-OH is 3. The maximum atomic E-state index is 11.9. The predicted octanol–water partition coefficient (Wildman–Crippen LogP) is -0.745. The number of fused-ring (bicyclic) bond motifs is 1. The minimum Gasteiger partial charge on any atom is -0.394 e. The van der Waals surface area contributed by atoms with Gasteiger partial charge in [0.05, 0.1) is 6.61 Å². The monoisotopic (exact) mass is 331 g/mol. The molecule has 0 spiro atoms. The van der Waals surface area contributed by atoms with Crippen molar-refractivity contribution in [3.05, 3.63) is 16.0 Å². The summed E-state index contributed by atoms with van der Waals surface area (Å²) in [6.45, 7) is -0.416. The lowest BCUT2D eigenvalue weighted by Crippen LogP contribution is -2.32. The number of nitrogens with one attached hydrogen (secondary N) is 1. The largest absolute Gasteiger partial charge is 0.394 e. The zero-order chi connectivity index (χ0) is 15.1. The van der Waals surface area contributed by atoms with E-state index in [1.54, 1.807) is 6.26 Å². The Balaban J connectivity index is 2.09. The molecule has 3 heterocycles. The molecule has 1 saturated heterocycles. The molecule has 0 saturated carbocycles. The van der Waals surface area contributed by atoms with E-state index in [2.05, 4.69) is 14.3 Å². The second kappa shape index (κ2) is 5.63. The highest BCUT2D eigenvalue weighted by Crippen LogP contribution is 2.36. The van der Waals surface area contributed by atoms with Gasteiger partial charge in [0.2, 0.25) is 0 Å². The first-order chi connectivity index (χ1) is 10.1. The normalized spacial score (nSPS) is 29.3.